The van der Waals surface area contributed by atoms with Crippen LogP contribution < -0.4 is 5.73 Å². The van der Waals surface area contributed by atoms with Crippen molar-refractivity contribution in [2.45, 2.75) is 52.4 Å². The highest BCUT2D eigenvalue weighted by Gasteiger charge is 2.34. The molecule has 3 aliphatic carbocycles. The van der Waals surface area contributed by atoms with Crippen molar-refractivity contribution in [1.29, 1.82) is 0 Å². The molecule has 3 aliphatic rings. The van der Waals surface area contributed by atoms with Crippen molar-refractivity contribution in [3.8, 4) is 0 Å². The molecule has 2 heteroatoms. The molecule has 3 rings (SSSR count). The molecule has 0 aromatic rings. The topological polar surface area (TPSA) is 26.0 Å². The Labute approximate surface area is 140 Å². The van der Waals surface area contributed by atoms with E-state index in [1.165, 1.54) is 29.6 Å². The van der Waals surface area contributed by atoms with Crippen LogP contribution in [0.5, 0.6) is 0 Å². The van der Waals surface area contributed by atoms with Gasteiger partial charge in [0.2, 0.25) is 0 Å². The zero-order valence-corrected chi connectivity index (χ0v) is 14.6. The van der Waals surface area contributed by atoms with Crippen LogP contribution in [0.25, 0.3) is 0 Å². The maximum Gasteiger partial charge on any atom is 0.0171 e. The number of hydrogen-bond acceptors (Lipinski definition) is 2. The lowest BCUT2D eigenvalue weighted by molar-refractivity contribution is 0.345. The fourth-order valence-electron chi connectivity index (χ4n) is 4.03. The summed E-state index contributed by atoms with van der Waals surface area (Å²) in [7, 11) is 0. The zero-order chi connectivity index (χ0) is 15.7. The van der Waals surface area contributed by atoms with Crippen molar-refractivity contribution in [3.05, 3.63) is 57.7 Å². The summed E-state index contributed by atoms with van der Waals surface area (Å²) in [5.41, 5.74) is 11.8. The SMILES string of the molecule is CC1CC=CC=C1C1=C(N)CCC(C2(C)CC=CCC2)=C1S. The molecule has 0 spiro atoms. The Kier molecular flexibility index (Phi) is 4.40. The predicted molar refractivity (Wildman–Crippen MR) is 98.6 cm³/mol. The van der Waals surface area contributed by atoms with E-state index in [-0.39, 0.29) is 5.41 Å². The molecule has 0 saturated carbocycles. The standard InChI is InChI=1S/C20H27NS/c1-14-8-4-5-9-15(14)18-17(21)11-10-16(19(18)22)20(2)12-6-3-7-13-20/h3-6,9,14,22H,7-8,10-13,21H2,1-2H3. The van der Waals surface area contributed by atoms with Crippen molar-refractivity contribution < 1.29 is 0 Å². The van der Waals surface area contributed by atoms with E-state index < -0.39 is 0 Å². The molecule has 118 valence electrons. The van der Waals surface area contributed by atoms with Gasteiger partial charge in [-0.2, -0.15) is 0 Å². The summed E-state index contributed by atoms with van der Waals surface area (Å²) < 4.78 is 0. The van der Waals surface area contributed by atoms with Crippen LogP contribution >= 0.6 is 12.6 Å². The van der Waals surface area contributed by atoms with Crippen molar-refractivity contribution in [2.75, 3.05) is 0 Å². The highest BCUT2D eigenvalue weighted by Crippen LogP contribution is 2.49. The van der Waals surface area contributed by atoms with Gasteiger partial charge in [-0.1, -0.05) is 44.2 Å². The number of allylic oxidation sites excluding steroid dienone is 9. The Hall–Kier alpha value is -1.15. The average molecular weight is 314 g/mol. The Morgan fingerprint density at radius 1 is 1.23 bits per heavy atom. The van der Waals surface area contributed by atoms with Gasteiger partial charge in [-0.25, -0.2) is 0 Å². The summed E-state index contributed by atoms with van der Waals surface area (Å²) >= 11 is 4.98. The minimum Gasteiger partial charge on any atom is -0.402 e. The molecule has 0 aromatic carbocycles. The molecule has 2 N–H and O–H groups in total. The van der Waals surface area contributed by atoms with Gasteiger partial charge in [0, 0.05) is 16.2 Å². The minimum absolute atomic E-state index is 0.256. The molecular formula is C20H27NS. The molecular weight excluding hydrogens is 286 g/mol. The van der Waals surface area contributed by atoms with E-state index in [0.29, 0.717) is 5.92 Å². The first kappa shape index (κ1) is 15.7. The van der Waals surface area contributed by atoms with Gasteiger partial charge in [0.25, 0.3) is 0 Å². The molecule has 1 nitrogen and oxygen atoms in total. The monoisotopic (exact) mass is 313 g/mol. The van der Waals surface area contributed by atoms with E-state index in [1.807, 2.05) is 0 Å². The quantitative estimate of drug-likeness (QED) is 0.515. The van der Waals surface area contributed by atoms with Crippen molar-refractivity contribution >= 4 is 12.6 Å². The number of nitrogens with two attached hydrogens (primary N) is 1. The van der Waals surface area contributed by atoms with E-state index >= 15 is 0 Å². The molecule has 2 atom stereocenters. The molecule has 0 saturated heterocycles. The fraction of sp³-hybridized carbons (Fsp3) is 0.500. The third-order valence-corrected chi connectivity index (χ3v) is 6.03. The number of rotatable bonds is 2. The Bertz CT molecular complexity index is 618. The van der Waals surface area contributed by atoms with Crippen LogP contribution in [-0.2, 0) is 0 Å². The lowest BCUT2D eigenvalue weighted by atomic mass is 9.68. The van der Waals surface area contributed by atoms with Gasteiger partial charge in [-0.3, -0.25) is 0 Å². The molecule has 0 aromatic heterocycles. The molecule has 22 heavy (non-hydrogen) atoms. The third-order valence-electron chi connectivity index (χ3n) is 5.54. The van der Waals surface area contributed by atoms with Crippen LogP contribution in [-0.4, -0.2) is 0 Å². The van der Waals surface area contributed by atoms with Gasteiger partial charge >= 0.3 is 0 Å². The van der Waals surface area contributed by atoms with E-state index in [0.717, 1.165) is 36.3 Å². The predicted octanol–water partition coefficient (Wildman–Crippen LogP) is 5.45. The smallest absolute Gasteiger partial charge is 0.0171 e. The van der Waals surface area contributed by atoms with E-state index in [2.05, 4.69) is 44.2 Å². The van der Waals surface area contributed by atoms with Crippen LogP contribution in [0.4, 0.5) is 0 Å². The summed E-state index contributed by atoms with van der Waals surface area (Å²) in [6, 6.07) is 0. The molecule has 0 radical (unpaired) electrons. The molecule has 0 bridgehead atoms. The molecule has 0 aliphatic heterocycles. The lowest BCUT2D eigenvalue weighted by Crippen LogP contribution is -2.26. The molecule has 2 unspecified atom stereocenters. The number of hydrogen-bond donors (Lipinski definition) is 2. The van der Waals surface area contributed by atoms with Gasteiger partial charge < -0.3 is 5.73 Å². The number of thiol groups is 1. The first-order valence-electron chi connectivity index (χ1n) is 8.46. The van der Waals surface area contributed by atoms with Gasteiger partial charge in [-0.15, -0.1) is 12.6 Å². The maximum absolute atomic E-state index is 6.42. The van der Waals surface area contributed by atoms with Gasteiger partial charge in [-0.05, 0) is 61.0 Å². The second-order valence-electron chi connectivity index (χ2n) is 7.19. The highest BCUT2D eigenvalue weighted by molar-refractivity contribution is 7.84. The second-order valence-corrected chi connectivity index (χ2v) is 7.64. The van der Waals surface area contributed by atoms with Crippen LogP contribution in [0.15, 0.2) is 57.7 Å². The van der Waals surface area contributed by atoms with Crippen molar-refractivity contribution in [1.82, 2.24) is 0 Å². The van der Waals surface area contributed by atoms with Gasteiger partial charge in [0.15, 0.2) is 0 Å². The van der Waals surface area contributed by atoms with Crippen LogP contribution in [0.2, 0.25) is 0 Å². The summed E-state index contributed by atoms with van der Waals surface area (Å²) in [6.45, 7) is 4.69. The summed E-state index contributed by atoms with van der Waals surface area (Å²) in [4.78, 5) is 1.16. The minimum atomic E-state index is 0.256. The van der Waals surface area contributed by atoms with E-state index in [9.17, 15) is 0 Å². The highest BCUT2D eigenvalue weighted by atomic mass is 32.1. The third kappa shape index (κ3) is 2.74. The summed E-state index contributed by atoms with van der Waals surface area (Å²) in [6.07, 6.45) is 18.0. The molecule has 0 fully saturated rings. The fourth-order valence-corrected chi connectivity index (χ4v) is 4.68. The molecule has 0 heterocycles. The summed E-state index contributed by atoms with van der Waals surface area (Å²) in [5.74, 6) is 0.527. The Morgan fingerprint density at radius 2 is 2.05 bits per heavy atom. The Morgan fingerprint density at radius 3 is 2.73 bits per heavy atom. The summed E-state index contributed by atoms with van der Waals surface area (Å²) in [5, 5.41) is 0. The van der Waals surface area contributed by atoms with Crippen LogP contribution in [0.3, 0.4) is 0 Å². The second kappa shape index (κ2) is 6.16. The average Bonchev–Trinajstić information content (AvgIpc) is 2.49. The maximum atomic E-state index is 6.42. The van der Waals surface area contributed by atoms with Gasteiger partial charge in [0.05, 0.1) is 0 Å². The van der Waals surface area contributed by atoms with Gasteiger partial charge in [0.1, 0.15) is 0 Å². The molecule has 0 amide bonds. The van der Waals surface area contributed by atoms with Crippen LogP contribution in [0.1, 0.15) is 52.4 Å². The van der Waals surface area contributed by atoms with Crippen molar-refractivity contribution in [2.24, 2.45) is 17.1 Å². The first-order chi connectivity index (χ1) is 10.5. The van der Waals surface area contributed by atoms with Crippen molar-refractivity contribution in [3.63, 3.8) is 0 Å². The Balaban J connectivity index is 2.04. The zero-order valence-electron chi connectivity index (χ0n) is 13.7. The van der Waals surface area contributed by atoms with Crippen LogP contribution in [0, 0.1) is 11.3 Å². The normalized spacial score (nSPS) is 32.5. The van der Waals surface area contributed by atoms with E-state index in [4.69, 9.17) is 18.4 Å². The first-order valence-corrected chi connectivity index (χ1v) is 8.91. The lowest BCUT2D eigenvalue weighted by Gasteiger charge is -2.38. The largest absolute Gasteiger partial charge is 0.402 e. The van der Waals surface area contributed by atoms with E-state index in [1.54, 1.807) is 0 Å².